The Balaban J connectivity index is 1.29. The van der Waals surface area contributed by atoms with Gasteiger partial charge >= 0.3 is 0 Å². The summed E-state index contributed by atoms with van der Waals surface area (Å²) in [5.74, 6) is 1.30. The lowest BCUT2D eigenvalue weighted by Crippen LogP contribution is -2.22. The van der Waals surface area contributed by atoms with Gasteiger partial charge in [0.05, 0.1) is 12.7 Å². The number of nitrogens with one attached hydrogen (secondary N) is 1. The minimum Gasteiger partial charge on any atom is -0.459 e. The first-order valence-electron chi connectivity index (χ1n) is 8.62. The molecule has 0 atom stereocenters. The highest BCUT2D eigenvalue weighted by atomic mass is 19.1. The number of halogens is 1. The van der Waals surface area contributed by atoms with Gasteiger partial charge in [-0.1, -0.05) is 18.2 Å². The van der Waals surface area contributed by atoms with E-state index in [2.05, 4.69) is 10.3 Å². The molecular weight excluding hydrogens is 347 g/mol. The van der Waals surface area contributed by atoms with Crippen molar-refractivity contribution in [2.45, 2.75) is 19.4 Å². The summed E-state index contributed by atoms with van der Waals surface area (Å²) in [5.41, 5.74) is 1.54. The topological polar surface area (TPSA) is 68.3 Å². The molecule has 6 heteroatoms. The van der Waals surface area contributed by atoms with Gasteiger partial charge in [-0.3, -0.25) is 4.79 Å². The molecule has 27 heavy (non-hydrogen) atoms. The fraction of sp³-hybridized carbons (Fsp3) is 0.143. The SMILES string of the molecule is O=C(CCc1ncc(-c2ccc(F)cc2)o1)NCc1cc2ccccc2o1. The van der Waals surface area contributed by atoms with Gasteiger partial charge in [0.2, 0.25) is 5.91 Å². The summed E-state index contributed by atoms with van der Waals surface area (Å²) in [6.45, 7) is 0.333. The molecule has 0 aliphatic rings. The van der Waals surface area contributed by atoms with E-state index in [1.165, 1.54) is 12.1 Å². The molecule has 5 nitrogen and oxygen atoms in total. The van der Waals surface area contributed by atoms with Crippen LogP contribution < -0.4 is 5.32 Å². The lowest BCUT2D eigenvalue weighted by molar-refractivity contribution is -0.121. The molecular formula is C21H17FN2O3. The van der Waals surface area contributed by atoms with Crippen LogP contribution in [0.3, 0.4) is 0 Å². The Morgan fingerprint density at radius 3 is 2.70 bits per heavy atom. The first-order valence-corrected chi connectivity index (χ1v) is 8.62. The molecule has 0 fully saturated rings. The third-order valence-corrected chi connectivity index (χ3v) is 4.18. The highest BCUT2D eigenvalue weighted by Crippen LogP contribution is 2.21. The number of para-hydroxylation sites is 1. The molecule has 4 aromatic rings. The van der Waals surface area contributed by atoms with E-state index in [0.29, 0.717) is 30.4 Å². The summed E-state index contributed by atoms with van der Waals surface area (Å²) >= 11 is 0. The van der Waals surface area contributed by atoms with Gasteiger partial charge in [0.25, 0.3) is 0 Å². The molecule has 0 bridgehead atoms. The molecule has 2 heterocycles. The van der Waals surface area contributed by atoms with Crippen molar-refractivity contribution >= 4 is 16.9 Å². The second-order valence-corrected chi connectivity index (χ2v) is 6.15. The first-order chi connectivity index (χ1) is 13.2. The fourth-order valence-electron chi connectivity index (χ4n) is 2.79. The van der Waals surface area contributed by atoms with E-state index in [0.717, 1.165) is 16.5 Å². The number of aromatic nitrogens is 1. The van der Waals surface area contributed by atoms with Gasteiger partial charge in [0.15, 0.2) is 11.7 Å². The lowest BCUT2D eigenvalue weighted by atomic mass is 10.2. The van der Waals surface area contributed by atoms with Crippen molar-refractivity contribution < 1.29 is 18.0 Å². The summed E-state index contributed by atoms with van der Waals surface area (Å²) in [4.78, 5) is 16.2. The summed E-state index contributed by atoms with van der Waals surface area (Å²) in [6, 6.07) is 15.6. The largest absolute Gasteiger partial charge is 0.459 e. The second-order valence-electron chi connectivity index (χ2n) is 6.15. The first kappa shape index (κ1) is 17.0. The quantitative estimate of drug-likeness (QED) is 0.548. The number of rotatable bonds is 6. The van der Waals surface area contributed by atoms with Crippen LogP contribution in [0.1, 0.15) is 18.1 Å². The van der Waals surface area contributed by atoms with E-state index in [1.807, 2.05) is 30.3 Å². The Labute approximate surface area is 154 Å². The summed E-state index contributed by atoms with van der Waals surface area (Å²) in [6.07, 6.45) is 2.21. The normalized spacial score (nSPS) is 11.0. The number of fused-ring (bicyclic) bond motifs is 1. The predicted molar refractivity (Wildman–Crippen MR) is 98.3 cm³/mol. The van der Waals surface area contributed by atoms with Gasteiger partial charge in [0.1, 0.15) is 17.2 Å². The number of nitrogens with zero attached hydrogens (tertiary/aromatic N) is 1. The Kier molecular flexibility index (Phi) is 4.70. The van der Waals surface area contributed by atoms with Crippen molar-refractivity contribution in [1.29, 1.82) is 0 Å². The lowest BCUT2D eigenvalue weighted by Gasteiger charge is -2.01. The molecule has 1 N–H and O–H groups in total. The number of oxazole rings is 1. The summed E-state index contributed by atoms with van der Waals surface area (Å²) < 4.78 is 24.3. The molecule has 136 valence electrons. The molecule has 0 aliphatic carbocycles. The molecule has 0 aliphatic heterocycles. The van der Waals surface area contributed by atoms with E-state index in [4.69, 9.17) is 8.83 Å². The Morgan fingerprint density at radius 1 is 1.07 bits per heavy atom. The Bertz CT molecular complexity index is 1030. The fourth-order valence-corrected chi connectivity index (χ4v) is 2.79. The van der Waals surface area contributed by atoms with Crippen LogP contribution in [0.2, 0.25) is 0 Å². The third-order valence-electron chi connectivity index (χ3n) is 4.18. The average Bonchev–Trinajstić information content (AvgIpc) is 3.32. The van der Waals surface area contributed by atoms with E-state index in [1.54, 1.807) is 18.3 Å². The van der Waals surface area contributed by atoms with Gasteiger partial charge in [0, 0.05) is 23.8 Å². The molecule has 0 unspecified atom stereocenters. The maximum absolute atomic E-state index is 13.0. The average molecular weight is 364 g/mol. The van der Waals surface area contributed by atoms with Crippen LogP contribution in [-0.4, -0.2) is 10.9 Å². The van der Waals surface area contributed by atoms with Crippen LogP contribution in [0.5, 0.6) is 0 Å². The summed E-state index contributed by atoms with van der Waals surface area (Å²) in [5, 5.41) is 3.84. The zero-order valence-corrected chi connectivity index (χ0v) is 14.4. The minimum absolute atomic E-state index is 0.114. The zero-order valence-electron chi connectivity index (χ0n) is 14.4. The van der Waals surface area contributed by atoms with Gasteiger partial charge in [-0.05, 0) is 36.4 Å². The number of amides is 1. The molecule has 0 saturated carbocycles. The molecule has 1 amide bonds. The number of benzene rings is 2. The van der Waals surface area contributed by atoms with Crippen molar-refractivity contribution in [2.75, 3.05) is 0 Å². The van der Waals surface area contributed by atoms with Crippen molar-refractivity contribution in [1.82, 2.24) is 10.3 Å². The van der Waals surface area contributed by atoms with Gasteiger partial charge < -0.3 is 14.2 Å². The number of hydrogen-bond acceptors (Lipinski definition) is 4. The van der Waals surface area contributed by atoms with Crippen molar-refractivity contribution in [2.24, 2.45) is 0 Å². The molecule has 0 saturated heterocycles. The van der Waals surface area contributed by atoms with Crippen LogP contribution in [0.25, 0.3) is 22.3 Å². The smallest absolute Gasteiger partial charge is 0.220 e. The third kappa shape index (κ3) is 4.06. The van der Waals surface area contributed by atoms with Crippen molar-refractivity contribution in [3.8, 4) is 11.3 Å². The number of carbonyl (C=O) groups excluding carboxylic acids is 1. The van der Waals surface area contributed by atoms with E-state index in [-0.39, 0.29) is 18.1 Å². The van der Waals surface area contributed by atoms with E-state index < -0.39 is 0 Å². The maximum Gasteiger partial charge on any atom is 0.220 e. The van der Waals surface area contributed by atoms with Gasteiger partial charge in [-0.2, -0.15) is 0 Å². The molecule has 2 aromatic carbocycles. The monoisotopic (exact) mass is 364 g/mol. The number of furan rings is 1. The van der Waals surface area contributed by atoms with Gasteiger partial charge in [-0.15, -0.1) is 0 Å². The zero-order chi connectivity index (χ0) is 18.6. The van der Waals surface area contributed by atoms with Crippen LogP contribution in [0, 0.1) is 5.82 Å². The van der Waals surface area contributed by atoms with E-state index >= 15 is 0 Å². The standard InChI is InChI=1S/C21H17FN2O3/c22-16-7-5-14(6-8-16)19-13-24-21(27-19)10-9-20(25)23-12-17-11-15-3-1-2-4-18(15)26-17/h1-8,11,13H,9-10,12H2,(H,23,25). The maximum atomic E-state index is 13.0. The molecule has 2 aromatic heterocycles. The van der Waals surface area contributed by atoms with E-state index in [9.17, 15) is 9.18 Å². The van der Waals surface area contributed by atoms with Gasteiger partial charge in [-0.25, -0.2) is 9.37 Å². The van der Waals surface area contributed by atoms with Crippen molar-refractivity contribution in [3.63, 3.8) is 0 Å². The number of carbonyl (C=O) groups is 1. The van der Waals surface area contributed by atoms with Crippen LogP contribution in [0.15, 0.2) is 69.6 Å². The number of hydrogen-bond donors (Lipinski definition) is 1. The van der Waals surface area contributed by atoms with Crippen LogP contribution >= 0.6 is 0 Å². The van der Waals surface area contributed by atoms with Crippen LogP contribution in [0.4, 0.5) is 4.39 Å². The molecule has 0 radical (unpaired) electrons. The Morgan fingerprint density at radius 2 is 1.89 bits per heavy atom. The van der Waals surface area contributed by atoms with Crippen LogP contribution in [-0.2, 0) is 17.8 Å². The second kappa shape index (κ2) is 7.45. The highest BCUT2D eigenvalue weighted by Gasteiger charge is 2.10. The Hall–Kier alpha value is -3.41. The minimum atomic E-state index is -0.306. The highest BCUT2D eigenvalue weighted by molar-refractivity contribution is 5.78. The summed E-state index contributed by atoms with van der Waals surface area (Å²) in [7, 11) is 0. The van der Waals surface area contributed by atoms with Crippen molar-refractivity contribution in [3.05, 3.63) is 78.3 Å². The number of aryl methyl sites for hydroxylation is 1. The predicted octanol–water partition coefficient (Wildman–Crippen LogP) is 4.48. The molecule has 0 spiro atoms. The molecule has 4 rings (SSSR count).